The lowest BCUT2D eigenvalue weighted by molar-refractivity contribution is -0.250. The van der Waals surface area contributed by atoms with E-state index in [1.807, 2.05) is 5.43 Å². The van der Waals surface area contributed by atoms with Crippen LogP contribution >= 0.6 is 0 Å². The van der Waals surface area contributed by atoms with Gasteiger partial charge in [-0.2, -0.15) is 18.6 Å². The molecule has 1 aliphatic heterocycles. The van der Waals surface area contributed by atoms with Crippen LogP contribution in [0.2, 0.25) is 0 Å². The van der Waals surface area contributed by atoms with E-state index in [9.17, 15) is 13.2 Å². The minimum Gasteiger partial charge on any atom is -0.363 e. The Kier molecular flexibility index (Phi) is 1.37. The third-order valence-corrected chi connectivity index (χ3v) is 1.10. The van der Waals surface area contributed by atoms with Crippen LogP contribution in [-0.2, 0) is 0 Å². The monoisotopic (exact) mass is 154 g/mol. The van der Waals surface area contributed by atoms with Crippen molar-refractivity contribution >= 4 is 0 Å². The first kappa shape index (κ1) is 7.36. The van der Waals surface area contributed by atoms with Crippen molar-refractivity contribution in [2.24, 2.45) is 0 Å². The summed E-state index contributed by atoms with van der Waals surface area (Å²) < 4.78 is 35.2. The summed E-state index contributed by atoms with van der Waals surface area (Å²) in [6, 6.07) is 0. The molecule has 0 aromatic rings. The second-order valence-corrected chi connectivity index (χ2v) is 1.87. The van der Waals surface area contributed by atoms with Crippen LogP contribution in [0.4, 0.5) is 13.2 Å². The Bertz CT molecular complexity index is 166. The molecule has 0 spiro atoms. The minimum absolute atomic E-state index is 0.590. The maximum atomic E-state index is 11.7. The van der Waals surface area contributed by atoms with Gasteiger partial charge in [0.2, 0.25) is 0 Å². The molecule has 0 aromatic heterocycles. The Balaban J connectivity index is 2.78. The molecule has 0 aromatic carbocycles. The number of halogens is 3. The van der Waals surface area contributed by atoms with E-state index in [0.717, 1.165) is 6.20 Å². The smallest absolute Gasteiger partial charge is 0.363 e. The number of hydrogen-bond acceptors (Lipinski definition) is 3. The zero-order valence-corrected chi connectivity index (χ0v) is 4.74. The van der Waals surface area contributed by atoms with Crippen LogP contribution in [0.15, 0.2) is 12.3 Å². The van der Waals surface area contributed by atoms with Gasteiger partial charge in [-0.3, -0.25) is 0 Å². The fourth-order valence-corrected chi connectivity index (χ4v) is 0.521. The van der Waals surface area contributed by atoms with Gasteiger partial charge in [-0.1, -0.05) is 0 Å². The molecule has 1 rings (SSSR count). The van der Waals surface area contributed by atoms with Crippen molar-refractivity contribution in [3.8, 4) is 0 Å². The van der Waals surface area contributed by atoms with Gasteiger partial charge in [0.1, 0.15) is 0 Å². The third-order valence-electron chi connectivity index (χ3n) is 1.10. The second kappa shape index (κ2) is 1.86. The van der Waals surface area contributed by atoms with Gasteiger partial charge in [-0.25, -0.2) is 0 Å². The summed E-state index contributed by atoms with van der Waals surface area (Å²) in [6.45, 7) is 0. The number of nitrogens with one attached hydrogen (secondary N) is 2. The number of hydrazine groups is 1. The molecule has 1 atom stereocenters. The number of aliphatic hydroxyl groups is 1. The maximum absolute atomic E-state index is 11.7. The second-order valence-electron chi connectivity index (χ2n) is 1.87. The van der Waals surface area contributed by atoms with Crippen LogP contribution in [0, 0.1) is 0 Å². The molecular formula is C4H5F3N2O. The van der Waals surface area contributed by atoms with E-state index in [0.29, 0.717) is 6.08 Å². The molecule has 58 valence electrons. The van der Waals surface area contributed by atoms with Gasteiger partial charge in [-0.15, -0.1) is 0 Å². The lowest BCUT2D eigenvalue weighted by Crippen LogP contribution is -2.55. The Morgan fingerprint density at radius 2 is 2.00 bits per heavy atom. The van der Waals surface area contributed by atoms with E-state index in [4.69, 9.17) is 5.11 Å². The molecule has 0 radical (unpaired) electrons. The Morgan fingerprint density at radius 1 is 1.40 bits per heavy atom. The first-order chi connectivity index (χ1) is 4.46. The van der Waals surface area contributed by atoms with Crippen molar-refractivity contribution in [3.63, 3.8) is 0 Å². The summed E-state index contributed by atoms with van der Waals surface area (Å²) >= 11 is 0. The minimum atomic E-state index is -4.69. The summed E-state index contributed by atoms with van der Waals surface area (Å²) in [5.41, 5.74) is 0.751. The number of hydrogen-bond donors (Lipinski definition) is 3. The zero-order chi connectivity index (χ0) is 7.83. The quantitative estimate of drug-likeness (QED) is 0.455. The van der Waals surface area contributed by atoms with Gasteiger partial charge < -0.3 is 10.5 Å². The first-order valence-electron chi connectivity index (χ1n) is 2.45. The molecule has 6 heteroatoms. The molecule has 1 heterocycles. The summed E-state index contributed by atoms with van der Waals surface area (Å²) in [5.74, 6) is 0. The molecule has 0 bridgehead atoms. The van der Waals surface area contributed by atoms with Crippen LogP contribution in [-0.4, -0.2) is 17.0 Å². The predicted molar refractivity (Wildman–Crippen MR) is 26.4 cm³/mol. The van der Waals surface area contributed by atoms with Gasteiger partial charge in [0.05, 0.1) is 0 Å². The first-order valence-corrected chi connectivity index (χ1v) is 2.45. The average Bonchev–Trinajstić information content (AvgIpc) is 2.13. The highest BCUT2D eigenvalue weighted by Crippen LogP contribution is 2.29. The van der Waals surface area contributed by atoms with Crippen LogP contribution in [0.5, 0.6) is 0 Å². The topological polar surface area (TPSA) is 44.3 Å². The summed E-state index contributed by atoms with van der Waals surface area (Å²) in [4.78, 5) is 0. The van der Waals surface area contributed by atoms with E-state index < -0.39 is 11.9 Å². The predicted octanol–water partition coefficient (Wildman–Crippen LogP) is -0.141. The highest BCUT2D eigenvalue weighted by Gasteiger charge is 2.53. The molecule has 3 N–H and O–H groups in total. The third kappa shape index (κ3) is 0.952. The number of alkyl halides is 3. The molecule has 1 aliphatic rings. The molecule has 10 heavy (non-hydrogen) atoms. The number of rotatable bonds is 0. The van der Waals surface area contributed by atoms with E-state index in [1.54, 1.807) is 5.43 Å². The van der Waals surface area contributed by atoms with Crippen LogP contribution in [0.1, 0.15) is 0 Å². The van der Waals surface area contributed by atoms with E-state index in [1.165, 1.54) is 0 Å². The van der Waals surface area contributed by atoms with Crippen molar-refractivity contribution in [1.29, 1.82) is 0 Å². The van der Waals surface area contributed by atoms with Crippen LogP contribution in [0.3, 0.4) is 0 Å². The van der Waals surface area contributed by atoms with Crippen LogP contribution < -0.4 is 10.9 Å². The van der Waals surface area contributed by atoms with Gasteiger partial charge >= 0.3 is 6.18 Å². The maximum Gasteiger partial charge on any atom is 0.436 e. The Hall–Kier alpha value is -0.750. The highest BCUT2D eigenvalue weighted by atomic mass is 19.4. The normalized spacial score (nSPS) is 32.4. The lowest BCUT2D eigenvalue weighted by atomic mass is 10.2. The molecule has 3 nitrogen and oxygen atoms in total. The van der Waals surface area contributed by atoms with Gasteiger partial charge in [0, 0.05) is 6.20 Å². The molecule has 0 amide bonds. The fraction of sp³-hybridized carbons (Fsp3) is 0.500. The van der Waals surface area contributed by atoms with E-state index >= 15 is 0 Å². The summed E-state index contributed by atoms with van der Waals surface area (Å²) in [7, 11) is 0. The van der Waals surface area contributed by atoms with Gasteiger partial charge in [0.25, 0.3) is 5.72 Å². The fourth-order valence-electron chi connectivity index (χ4n) is 0.521. The standard InChI is InChI=1S/C4H5F3N2O/c5-4(6,7)3(10)1-2-8-9-3/h1-2,8-10H. The summed E-state index contributed by atoms with van der Waals surface area (Å²) in [6.07, 6.45) is -3.12. The Morgan fingerprint density at radius 3 is 2.20 bits per heavy atom. The molecule has 0 fully saturated rings. The van der Waals surface area contributed by atoms with Crippen molar-refractivity contribution in [2.45, 2.75) is 11.9 Å². The molecule has 0 saturated carbocycles. The molecule has 0 saturated heterocycles. The lowest BCUT2D eigenvalue weighted by Gasteiger charge is -2.23. The summed E-state index contributed by atoms with van der Waals surface area (Å²) in [5, 5.41) is 8.64. The zero-order valence-electron chi connectivity index (χ0n) is 4.74. The SMILES string of the molecule is OC1(C(F)(F)F)C=CNN1. The largest absolute Gasteiger partial charge is 0.436 e. The molecule has 0 aliphatic carbocycles. The average molecular weight is 154 g/mol. The van der Waals surface area contributed by atoms with E-state index in [2.05, 4.69) is 0 Å². The molecule has 1 unspecified atom stereocenters. The van der Waals surface area contributed by atoms with E-state index in [-0.39, 0.29) is 0 Å². The van der Waals surface area contributed by atoms with Crippen molar-refractivity contribution < 1.29 is 18.3 Å². The van der Waals surface area contributed by atoms with Crippen molar-refractivity contribution in [2.75, 3.05) is 0 Å². The van der Waals surface area contributed by atoms with Crippen molar-refractivity contribution in [3.05, 3.63) is 12.3 Å². The van der Waals surface area contributed by atoms with Gasteiger partial charge in [0.15, 0.2) is 0 Å². The van der Waals surface area contributed by atoms with Gasteiger partial charge in [-0.05, 0) is 6.08 Å². The van der Waals surface area contributed by atoms with Crippen molar-refractivity contribution in [1.82, 2.24) is 10.9 Å². The van der Waals surface area contributed by atoms with Crippen LogP contribution in [0.25, 0.3) is 0 Å². The Labute approximate surface area is 54.5 Å². The molecular weight excluding hydrogens is 149 g/mol. The highest BCUT2D eigenvalue weighted by molar-refractivity contribution is 5.07.